The summed E-state index contributed by atoms with van der Waals surface area (Å²) in [4.78, 5) is 9.30. The van der Waals surface area contributed by atoms with Gasteiger partial charge in [0.05, 0.1) is 11.6 Å². The Morgan fingerprint density at radius 3 is 3.25 bits per heavy atom. The topological polar surface area (TPSA) is 34.2 Å². The molecule has 0 saturated carbocycles. The number of pyridine rings is 1. The number of hydrogen-bond acceptors (Lipinski definition) is 3. The molecule has 1 aliphatic rings. The van der Waals surface area contributed by atoms with Crippen LogP contribution < -0.4 is 10.3 Å². The molecular formula is C9H6N2O. The van der Waals surface area contributed by atoms with Crippen molar-refractivity contribution in [3.63, 3.8) is 0 Å². The quantitative estimate of drug-likeness (QED) is 0.636. The van der Waals surface area contributed by atoms with E-state index in [0.717, 1.165) is 22.2 Å². The number of anilines is 1. The zero-order valence-corrected chi connectivity index (χ0v) is 6.24. The van der Waals surface area contributed by atoms with Gasteiger partial charge in [0.1, 0.15) is 5.69 Å². The highest BCUT2D eigenvalue weighted by Crippen LogP contribution is 2.35. The molecule has 2 aromatic rings. The van der Waals surface area contributed by atoms with Gasteiger partial charge in [-0.15, -0.1) is 0 Å². The van der Waals surface area contributed by atoms with Crippen molar-refractivity contribution in [2.45, 2.75) is 0 Å². The lowest BCUT2D eigenvalue weighted by molar-refractivity contribution is 0.423. The molecule has 2 heterocycles. The van der Waals surface area contributed by atoms with Crippen LogP contribution in [0, 0.1) is 0 Å². The monoisotopic (exact) mass is 158 g/mol. The fourth-order valence-electron chi connectivity index (χ4n) is 1.47. The van der Waals surface area contributed by atoms with Crippen LogP contribution in [0.2, 0.25) is 0 Å². The standard InChI is InChI=1S/C9H6N2O/c1-2-6-4-10-5-7-9(6)8(3-1)12-11-7/h1-5,11H. The third kappa shape index (κ3) is 0.580. The largest absolute Gasteiger partial charge is 0.381 e. The third-order valence-electron chi connectivity index (χ3n) is 2.02. The summed E-state index contributed by atoms with van der Waals surface area (Å²) in [5.41, 5.74) is 3.76. The lowest BCUT2D eigenvalue weighted by Gasteiger charge is -1.93. The van der Waals surface area contributed by atoms with Crippen LogP contribution in [0.3, 0.4) is 0 Å². The van der Waals surface area contributed by atoms with Gasteiger partial charge in [-0.1, -0.05) is 12.1 Å². The third-order valence-corrected chi connectivity index (χ3v) is 2.02. The van der Waals surface area contributed by atoms with Crippen LogP contribution in [0.5, 0.6) is 5.75 Å². The van der Waals surface area contributed by atoms with Crippen LogP contribution >= 0.6 is 0 Å². The Bertz CT molecular complexity index is 414. The fraction of sp³-hybridized carbons (Fsp3) is 0. The van der Waals surface area contributed by atoms with E-state index in [1.54, 1.807) is 6.20 Å². The van der Waals surface area contributed by atoms with Crippen LogP contribution in [0.25, 0.3) is 10.8 Å². The molecule has 0 spiro atoms. The highest BCUT2D eigenvalue weighted by atomic mass is 16.7. The molecule has 0 amide bonds. The van der Waals surface area contributed by atoms with Gasteiger partial charge in [0.2, 0.25) is 0 Å². The summed E-state index contributed by atoms with van der Waals surface area (Å²) in [5, 5.41) is 2.22. The van der Waals surface area contributed by atoms with Crippen molar-refractivity contribution in [1.29, 1.82) is 0 Å². The van der Waals surface area contributed by atoms with Gasteiger partial charge >= 0.3 is 0 Å². The molecular weight excluding hydrogens is 152 g/mol. The first-order chi connectivity index (χ1) is 5.95. The van der Waals surface area contributed by atoms with E-state index in [9.17, 15) is 0 Å². The Kier molecular flexibility index (Phi) is 0.913. The molecule has 58 valence electrons. The van der Waals surface area contributed by atoms with Gasteiger partial charge in [0, 0.05) is 11.6 Å². The lowest BCUT2D eigenvalue weighted by Crippen LogP contribution is -1.96. The lowest BCUT2D eigenvalue weighted by atomic mass is 10.1. The Morgan fingerprint density at radius 2 is 2.25 bits per heavy atom. The molecule has 0 fully saturated rings. The molecule has 12 heavy (non-hydrogen) atoms. The molecule has 1 aromatic heterocycles. The van der Waals surface area contributed by atoms with Crippen molar-refractivity contribution in [1.82, 2.24) is 4.98 Å². The first-order valence-corrected chi connectivity index (χ1v) is 3.75. The molecule has 0 radical (unpaired) electrons. The maximum atomic E-state index is 5.22. The maximum absolute atomic E-state index is 5.22. The highest BCUT2D eigenvalue weighted by Gasteiger charge is 2.14. The van der Waals surface area contributed by atoms with E-state index in [1.807, 2.05) is 24.4 Å². The zero-order valence-electron chi connectivity index (χ0n) is 6.24. The average Bonchev–Trinajstić information content (AvgIpc) is 2.52. The molecule has 0 aliphatic carbocycles. The van der Waals surface area contributed by atoms with Crippen LogP contribution in [0.1, 0.15) is 0 Å². The zero-order chi connectivity index (χ0) is 7.97. The number of nitrogens with zero attached hydrogens (tertiary/aromatic N) is 1. The van der Waals surface area contributed by atoms with E-state index in [4.69, 9.17) is 4.84 Å². The van der Waals surface area contributed by atoms with Gasteiger partial charge in [-0.3, -0.25) is 4.98 Å². The van der Waals surface area contributed by atoms with Gasteiger partial charge < -0.3 is 4.84 Å². The van der Waals surface area contributed by atoms with E-state index in [-0.39, 0.29) is 0 Å². The predicted octanol–water partition coefficient (Wildman–Crippen LogP) is 1.95. The Balaban J connectivity index is 2.58. The molecule has 1 aromatic carbocycles. The Labute approximate surface area is 68.9 Å². The number of hydrogen-bond donors (Lipinski definition) is 1. The first-order valence-electron chi connectivity index (χ1n) is 3.75. The van der Waals surface area contributed by atoms with Gasteiger partial charge in [-0.25, -0.2) is 5.48 Å². The van der Waals surface area contributed by atoms with Crippen molar-refractivity contribution in [2.75, 3.05) is 5.48 Å². The Morgan fingerprint density at radius 1 is 1.25 bits per heavy atom. The molecule has 1 aliphatic heterocycles. The SMILES string of the molecule is c1cc2c3c(cncc3c1)NO2. The minimum atomic E-state index is 0.880. The molecule has 0 unspecified atom stereocenters. The van der Waals surface area contributed by atoms with E-state index in [1.165, 1.54) is 0 Å². The smallest absolute Gasteiger partial charge is 0.165 e. The molecule has 0 bridgehead atoms. The van der Waals surface area contributed by atoms with E-state index >= 15 is 0 Å². The van der Waals surface area contributed by atoms with Gasteiger partial charge in [0.15, 0.2) is 5.75 Å². The molecule has 0 atom stereocenters. The average molecular weight is 158 g/mol. The molecule has 3 nitrogen and oxygen atoms in total. The normalized spacial score (nSPS) is 12.7. The minimum Gasteiger partial charge on any atom is -0.381 e. The first kappa shape index (κ1) is 5.83. The van der Waals surface area contributed by atoms with E-state index < -0.39 is 0 Å². The second kappa shape index (κ2) is 1.88. The second-order valence-corrected chi connectivity index (χ2v) is 2.75. The summed E-state index contributed by atoms with van der Waals surface area (Å²) in [6.45, 7) is 0. The van der Waals surface area contributed by atoms with E-state index in [2.05, 4.69) is 10.5 Å². The molecule has 3 heteroatoms. The van der Waals surface area contributed by atoms with Gasteiger partial charge in [-0.2, -0.15) is 0 Å². The minimum absolute atomic E-state index is 0.880. The summed E-state index contributed by atoms with van der Waals surface area (Å²) < 4.78 is 0. The summed E-state index contributed by atoms with van der Waals surface area (Å²) in [5.74, 6) is 0.880. The van der Waals surface area contributed by atoms with Crippen LogP contribution in [0.4, 0.5) is 5.69 Å². The molecule has 0 saturated heterocycles. The summed E-state index contributed by atoms with van der Waals surface area (Å²) in [6, 6.07) is 5.91. The van der Waals surface area contributed by atoms with E-state index in [0.29, 0.717) is 0 Å². The molecule has 1 N–H and O–H groups in total. The second-order valence-electron chi connectivity index (χ2n) is 2.75. The summed E-state index contributed by atoms with van der Waals surface area (Å²) in [6.07, 6.45) is 3.59. The van der Waals surface area contributed by atoms with Crippen molar-refractivity contribution < 1.29 is 4.84 Å². The van der Waals surface area contributed by atoms with Crippen molar-refractivity contribution in [3.8, 4) is 5.75 Å². The van der Waals surface area contributed by atoms with Crippen LogP contribution in [0.15, 0.2) is 30.6 Å². The van der Waals surface area contributed by atoms with Crippen molar-refractivity contribution in [2.24, 2.45) is 0 Å². The summed E-state index contributed by atoms with van der Waals surface area (Å²) >= 11 is 0. The highest BCUT2D eigenvalue weighted by molar-refractivity contribution is 5.99. The van der Waals surface area contributed by atoms with Crippen LogP contribution in [-0.2, 0) is 0 Å². The van der Waals surface area contributed by atoms with Crippen molar-refractivity contribution in [3.05, 3.63) is 30.6 Å². The maximum Gasteiger partial charge on any atom is 0.165 e. The molecule has 3 rings (SSSR count). The van der Waals surface area contributed by atoms with Crippen molar-refractivity contribution >= 4 is 16.5 Å². The summed E-state index contributed by atoms with van der Waals surface area (Å²) in [7, 11) is 0. The number of rotatable bonds is 0. The fourth-order valence-corrected chi connectivity index (χ4v) is 1.47. The van der Waals surface area contributed by atoms with Gasteiger partial charge in [-0.05, 0) is 6.07 Å². The van der Waals surface area contributed by atoms with Gasteiger partial charge in [0.25, 0.3) is 0 Å². The number of nitrogens with one attached hydrogen (secondary N) is 1. The van der Waals surface area contributed by atoms with Crippen LogP contribution in [-0.4, -0.2) is 4.98 Å². The number of aromatic nitrogens is 1. The Hall–Kier alpha value is -1.77. The number of benzene rings is 1. The predicted molar refractivity (Wildman–Crippen MR) is 46.0 cm³/mol.